The van der Waals surface area contributed by atoms with Gasteiger partial charge >= 0.3 is 0 Å². The first kappa shape index (κ1) is 10.7. The quantitative estimate of drug-likeness (QED) is 0.733. The average Bonchev–Trinajstić information content (AvgIpc) is 2.17. The molecule has 2 rings (SSSR count). The number of aryl methyl sites for hydroxylation is 3. The maximum absolute atomic E-state index is 5.61. The molecule has 0 N–H and O–H groups in total. The Labute approximate surface area is 92.5 Å². The molecule has 1 fully saturated rings. The molecule has 0 radical (unpaired) electrons. The molecule has 1 heterocycles. The molecule has 1 unspecified atom stereocenters. The van der Waals surface area contributed by atoms with Crippen molar-refractivity contribution >= 4 is 0 Å². The minimum absolute atomic E-state index is 0.163. The van der Waals surface area contributed by atoms with E-state index in [1.54, 1.807) is 0 Å². The Kier molecular flexibility index (Phi) is 2.83. The van der Waals surface area contributed by atoms with E-state index in [4.69, 9.17) is 4.74 Å². The van der Waals surface area contributed by atoms with Gasteiger partial charge in [-0.15, -0.1) is 0 Å². The predicted octanol–water partition coefficient (Wildman–Crippen LogP) is 3.42. The lowest BCUT2D eigenvalue weighted by molar-refractivity contribution is -0.137. The molecule has 0 spiro atoms. The summed E-state index contributed by atoms with van der Waals surface area (Å²) in [7, 11) is 0. The van der Waals surface area contributed by atoms with Crippen LogP contribution in [-0.4, -0.2) is 12.2 Å². The maximum atomic E-state index is 5.61. The Bertz CT molecular complexity index is 350. The lowest BCUT2D eigenvalue weighted by atomic mass is 9.88. The highest BCUT2D eigenvalue weighted by Crippen LogP contribution is 2.31. The fourth-order valence-corrected chi connectivity index (χ4v) is 2.12. The summed E-state index contributed by atoms with van der Waals surface area (Å²) in [4.78, 5) is 0. The van der Waals surface area contributed by atoms with Crippen LogP contribution in [-0.2, 0) is 11.2 Å². The molecule has 0 aliphatic carbocycles. The zero-order chi connectivity index (χ0) is 10.9. The first-order chi connectivity index (χ1) is 7.09. The van der Waals surface area contributed by atoms with Crippen LogP contribution in [0.25, 0.3) is 0 Å². The molecular formula is C14H20O. The van der Waals surface area contributed by atoms with Gasteiger partial charge in [-0.3, -0.25) is 0 Å². The van der Waals surface area contributed by atoms with Crippen molar-refractivity contribution in [1.82, 2.24) is 0 Å². The first-order valence-corrected chi connectivity index (χ1v) is 5.79. The number of rotatable bonds is 3. The standard InChI is InChI=1S/C14H20O/c1-11-4-5-12(2)13(10-11)6-7-14(3)8-9-15-14/h4-5,10H,6-9H2,1-3H3. The van der Waals surface area contributed by atoms with Crippen LogP contribution in [0.5, 0.6) is 0 Å². The highest BCUT2D eigenvalue weighted by atomic mass is 16.5. The lowest BCUT2D eigenvalue weighted by Gasteiger charge is -2.39. The second-order valence-corrected chi connectivity index (χ2v) is 4.98. The fourth-order valence-electron chi connectivity index (χ4n) is 2.12. The van der Waals surface area contributed by atoms with E-state index in [0.29, 0.717) is 0 Å². The molecule has 1 saturated heterocycles. The van der Waals surface area contributed by atoms with Gasteiger partial charge < -0.3 is 4.74 Å². The van der Waals surface area contributed by atoms with Gasteiger partial charge in [0.1, 0.15) is 0 Å². The molecule has 1 aliphatic rings. The minimum atomic E-state index is 0.163. The van der Waals surface area contributed by atoms with E-state index in [1.165, 1.54) is 23.1 Å². The van der Waals surface area contributed by atoms with Crippen molar-refractivity contribution in [2.45, 2.75) is 45.6 Å². The summed E-state index contributed by atoms with van der Waals surface area (Å²) in [5.74, 6) is 0. The van der Waals surface area contributed by atoms with Crippen LogP contribution in [0.3, 0.4) is 0 Å². The van der Waals surface area contributed by atoms with E-state index in [0.717, 1.165) is 19.4 Å². The van der Waals surface area contributed by atoms with Gasteiger partial charge in [0.25, 0.3) is 0 Å². The third kappa shape index (κ3) is 2.40. The lowest BCUT2D eigenvalue weighted by Crippen LogP contribution is -2.40. The van der Waals surface area contributed by atoms with Gasteiger partial charge in [-0.05, 0) is 51.2 Å². The molecular weight excluding hydrogens is 184 g/mol. The normalized spacial score (nSPS) is 25.0. The van der Waals surface area contributed by atoms with Crippen molar-refractivity contribution in [3.05, 3.63) is 34.9 Å². The zero-order valence-corrected chi connectivity index (χ0v) is 9.97. The van der Waals surface area contributed by atoms with Crippen LogP contribution >= 0.6 is 0 Å². The van der Waals surface area contributed by atoms with Gasteiger partial charge in [-0.25, -0.2) is 0 Å². The summed E-state index contributed by atoms with van der Waals surface area (Å²) in [6.07, 6.45) is 3.51. The Morgan fingerprint density at radius 2 is 2.07 bits per heavy atom. The van der Waals surface area contributed by atoms with E-state index in [1.807, 2.05) is 0 Å². The molecule has 0 bridgehead atoms. The van der Waals surface area contributed by atoms with Gasteiger partial charge in [0.15, 0.2) is 0 Å². The molecule has 0 aromatic heterocycles. The maximum Gasteiger partial charge on any atom is 0.0679 e. The van der Waals surface area contributed by atoms with Crippen molar-refractivity contribution in [3.63, 3.8) is 0 Å². The molecule has 1 aliphatic heterocycles. The SMILES string of the molecule is Cc1ccc(C)c(CCC2(C)CCO2)c1. The molecule has 82 valence electrons. The molecule has 1 atom stereocenters. The molecule has 0 amide bonds. The molecule has 1 nitrogen and oxygen atoms in total. The van der Waals surface area contributed by atoms with Gasteiger partial charge in [0.2, 0.25) is 0 Å². The second kappa shape index (κ2) is 3.97. The largest absolute Gasteiger partial charge is 0.375 e. The number of hydrogen-bond acceptors (Lipinski definition) is 1. The Morgan fingerprint density at radius 1 is 1.33 bits per heavy atom. The molecule has 1 heteroatoms. The summed E-state index contributed by atoms with van der Waals surface area (Å²) in [5, 5.41) is 0. The zero-order valence-electron chi connectivity index (χ0n) is 9.97. The summed E-state index contributed by atoms with van der Waals surface area (Å²) >= 11 is 0. The average molecular weight is 204 g/mol. The Morgan fingerprint density at radius 3 is 2.67 bits per heavy atom. The minimum Gasteiger partial charge on any atom is -0.375 e. The van der Waals surface area contributed by atoms with Crippen molar-refractivity contribution in [2.24, 2.45) is 0 Å². The Hall–Kier alpha value is -0.820. The van der Waals surface area contributed by atoms with Crippen molar-refractivity contribution in [1.29, 1.82) is 0 Å². The second-order valence-electron chi connectivity index (χ2n) is 4.98. The van der Waals surface area contributed by atoms with E-state index < -0.39 is 0 Å². The predicted molar refractivity (Wildman–Crippen MR) is 63.2 cm³/mol. The van der Waals surface area contributed by atoms with Crippen LogP contribution in [0.2, 0.25) is 0 Å². The van der Waals surface area contributed by atoms with Gasteiger partial charge in [0.05, 0.1) is 12.2 Å². The summed E-state index contributed by atoms with van der Waals surface area (Å²) in [6.45, 7) is 7.52. The van der Waals surface area contributed by atoms with Crippen LogP contribution in [0.1, 0.15) is 36.5 Å². The van der Waals surface area contributed by atoms with Crippen LogP contribution in [0.15, 0.2) is 18.2 Å². The van der Waals surface area contributed by atoms with Crippen LogP contribution in [0.4, 0.5) is 0 Å². The third-order valence-electron chi connectivity index (χ3n) is 3.51. The first-order valence-electron chi connectivity index (χ1n) is 5.79. The molecule has 1 aromatic rings. The monoisotopic (exact) mass is 204 g/mol. The number of hydrogen-bond donors (Lipinski definition) is 0. The summed E-state index contributed by atoms with van der Waals surface area (Å²) in [5.41, 5.74) is 4.40. The summed E-state index contributed by atoms with van der Waals surface area (Å²) in [6, 6.07) is 6.70. The highest BCUT2D eigenvalue weighted by molar-refractivity contribution is 5.30. The van der Waals surface area contributed by atoms with Crippen molar-refractivity contribution in [2.75, 3.05) is 6.61 Å². The Balaban J connectivity index is 2.01. The fraction of sp³-hybridized carbons (Fsp3) is 0.571. The van der Waals surface area contributed by atoms with Gasteiger partial charge in [-0.2, -0.15) is 0 Å². The van der Waals surface area contributed by atoms with Crippen LogP contribution in [0, 0.1) is 13.8 Å². The van der Waals surface area contributed by atoms with Gasteiger partial charge in [0, 0.05) is 0 Å². The third-order valence-corrected chi connectivity index (χ3v) is 3.51. The van der Waals surface area contributed by atoms with E-state index in [9.17, 15) is 0 Å². The van der Waals surface area contributed by atoms with Crippen molar-refractivity contribution < 1.29 is 4.74 Å². The summed E-state index contributed by atoms with van der Waals surface area (Å²) < 4.78 is 5.61. The number of ether oxygens (including phenoxy) is 1. The molecule has 15 heavy (non-hydrogen) atoms. The van der Waals surface area contributed by atoms with Crippen LogP contribution < -0.4 is 0 Å². The van der Waals surface area contributed by atoms with Gasteiger partial charge in [-0.1, -0.05) is 23.8 Å². The van der Waals surface area contributed by atoms with E-state index >= 15 is 0 Å². The highest BCUT2D eigenvalue weighted by Gasteiger charge is 2.32. The smallest absolute Gasteiger partial charge is 0.0679 e. The number of benzene rings is 1. The van der Waals surface area contributed by atoms with E-state index in [-0.39, 0.29) is 5.60 Å². The molecule has 1 aromatic carbocycles. The van der Waals surface area contributed by atoms with Crippen molar-refractivity contribution in [3.8, 4) is 0 Å². The molecule has 0 saturated carbocycles. The van der Waals surface area contributed by atoms with E-state index in [2.05, 4.69) is 39.0 Å². The topological polar surface area (TPSA) is 9.23 Å².